The number of nitrogens with zero attached hydrogens (tertiary/aromatic N) is 1. The van der Waals surface area contributed by atoms with E-state index < -0.39 is 0 Å². The van der Waals surface area contributed by atoms with E-state index in [-0.39, 0.29) is 11.2 Å². The third-order valence-electron chi connectivity index (χ3n) is 4.42. The lowest BCUT2D eigenvalue weighted by Crippen LogP contribution is -2.47. The van der Waals surface area contributed by atoms with Gasteiger partial charge in [-0.15, -0.1) is 0 Å². The maximum absolute atomic E-state index is 14.0. The summed E-state index contributed by atoms with van der Waals surface area (Å²) >= 11 is 3.44. The highest BCUT2D eigenvalue weighted by atomic mass is 79.9. The van der Waals surface area contributed by atoms with Gasteiger partial charge in [-0.3, -0.25) is 4.90 Å². The van der Waals surface area contributed by atoms with Crippen LogP contribution >= 0.6 is 15.9 Å². The van der Waals surface area contributed by atoms with E-state index in [4.69, 9.17) is 0 Å². The van der Waals surface area contributed by atoms with Crippen LogP contribution in [0.25, 0.3) is 0 Å². The number of rotatable bonds is 2. The quantitative estimate of drug-likeness (QED) is 0.854. The first-order chi connectivity index (χ1) is 9.77. The zero-order valence-electron chi connectivity index (χ0n) is 13.4. The van der Waals surface area contributed by atoms with E-state index in [1.165, 1.54) is 0 Å². The second-order valence-corrected chi connectivity index (χ2v) is 8.09. The second-order valence-electron chi connectivity index (χ2n) is 7.18. The van der Waals surface area contributed by atoms with Crippen molar-refractivity contribution in [3.63, 3.8) is 0 Å². The number of halogens is 2. The van der Waals surface area contributed by atoms with E-state index in [0.29, 0.717) is 18.6 Å². The Labute approximate surface area is 136 Å². The summed E-state index contributed by atoms with van der Waals surface area (Å²) in [5, 5.41) is 3.65. The molecule has 1 aliphatic heterocycles. The zero-order valence-corrected chi connectivity index (χ0v) is 15.0. The molecule has 0 spiro atoms. The van der Waals surface area contributed by atoms with Crippen LogP contribution in [-0.2, 0) is 6.54 Å². The summed E-state index contributed by atoms with van der Waals surface area (Å²) in [6, 6.07) is 6.08. The smallest absolute Gasteiger partial charge is 0.127 e. The molecule has 2 atom stereocenters. The molecule has 0 saturated carbocycles. The van der Waals surface area contributed by atoms with Gasteiger partial charge in [0.25, 0.3) is 0 Å². The Morgan fingerprint density at radius 2 is 2.10 bits per heavy atom. The van der Waals surface area contributed by atoms with E-state index >= 15 is 0 Å². The highest BCUT2D eigenvalue weighted by Crippen LogP contribution is 2.25. The van der Waals surface area contributed by atoms with Gasteiger partial charge >= 0.3 is 0 Å². The van der Waals surface area contributed by atoms with Crippen LogP contribution in [0.15, 0.2) is 22.7 Å². The first-order valence-corrected chi connectivity index (χ1v) is 8.48. The molecule has 1 saturated heterocycles. The molecule has 1 fully saturated rings. The van der Waals surface area contributed by atoms with Gasteiger partial charge in [-0.05, 0) is 43.5 Å². The van der Waals surface area contributed by atoms with Crippen molar-refractivity contribution in [2.45, 2.75) is 52.7 Å². The molecule has 2 nitrogen and oxygen atoms in total. The first-order valence-electron chi connectivity index (χ1n) is 7.68. The maximum atomic E-state index is 14.0. The Bertz CT molecular complexity index is 484. The Balaban J connectivity index is 2.17. The van der Waals surface area contributed by atoms with Crippen molar-refractivity contribution < 1.29 is 4.39 Å². The first kappa shape index (κ1) is 16.9. The van der Waals surface area contributed by atoms with Crippen LogP contribution in [-0.4, -0.2) is 30.1 Å². The monoisotopic (exact) mass is 356 g/mol. The molecule has 0 amide bonds. The highest BCUT2D eigenvalue weighted by Gasteiger charge is 2.30. The lowest BCUT2D eigenvalue weighted by molar-refractivity contribution is 0.156. The number of hydrogen-bond acceptors (Lipinski definition) is 2. The summed E-state index contributed by atoms with van der Waals surface area (Å²) in [7, 11) is 0. The van der Waals surface area contributed by atoms with Gasteiger partial charge in [-0.1, -0.05) is 36.7 Å². The maximum Gasteiger partial charge on any atom is 0.127 e. The Morgan fingerprint density at radius 1 is 1.38 bits per heavy atom. The van der Waals surface area contributed by atoms with Gasteiger partial charge in [0.2, 0.25) is 0 Å². The fraction of sp³-hybridized carbons (Fsp3) is 0.647. The van der Waals surface area contributed by atoms with Crippen LogP contribution < -0.4 is 5.32 Å². The third kappa shape index (κ3) is 4.51. The van der Waals surface area contributed by atoms with Crippen molar-refractivity contribution in [3.05, 3.63) is 34.1 Å². The van der Waals surface area contributed by atoms with Gasteiger partial charge in [0.1, 0.15) is 5.82 Å². The molecule has 1 aromatic carbocycles. The molecule has 21 heavy (non-hydrogen) atoms. The standard InChI is InChI=1S/C17H26BrFN2/c1-12-7-8-20-16(17(2,3)4)11-21(12)10-13-9-14(18)5-6-15(13)19/h5-6,9,12,16,20H,7-8,10-11H2,1-4H3. The molecule has 1 heterocycles. The van der Waals surface area contributed by atoms with Crippen LogP contribution in [0.4, 0.5) is 4.39 Å². The van der Waals surface area contributed by atoms with Crippen LogP contribution in [0, 0.1) is 11.2 Å². The summed E-state index contributed by atoms with van der Waals surface area (Å²) in [6.45, 7) is 11.7. The lowest BCUT2D eigenvalue weighted by atomic mass is 9.86. The summed E-state index contributed by atoms with van der Waals surface area (Å²) in [5.41, 5.74) is 0.976. The molecular weight excluding hydrogens is 331 g/mol. The van der Waals surface area contributed by atoms with Gasteiger partial charge < -0.3 is 5.32 Å². The average Bonchev–Trinajstić information content (AvgIpc) is 2.56. The van der Waals surface area contributed by atoms with Crippen LogP contribution in [0.3, 0.4) is 0 Å². The fourth-order valence-electron chi connectivity index (χ4n) is 2.81. The van der Waals surface area contributed by atoms with Gasteiger partial charge in [-0.2, -0.15) is 0 Å². The molecule has 2 unspecified atom stereocenters. The SMILES string of the molecule is CC1CCNC(C(C)(C)C)CN1Cc1cc(Br)ccc1F. The number of benzene rings is 1. The number of hydrogen-bond donors (Lipinski definition) is 1. The molecule has 1 N–H and O–H groups in total. The summed E-state index contributed by atoms with van der Waals surface area (Å²) in [5.74, 6) is -0.116. The Hall–Kier alpha value is -0.450. The molecule has 1 aromatic rings. The highest BCUT2D eigenvalue weighted by molar-refractivity contribution is 9.10. The molecule has 2 rings (SSSR count). The topological polar surface area (TPSA) is 15.3 Å². The van der Waals surface area contributed by atoms with Gasteiger partial charge in [0.15, 0.2) is 0 Å². The molecular formula is C17H26BrFN2. The largest absolute Gasteiger partial charge is 0.312 e. The average molecular weight is 357 g/mol. The van der Waals surface area contributed by atoms with Gasteiger partial charge in [-0.25, -0.2) is 4.39 Å². The fourth-order valence-corrected chi connectivity index (χ4v) is 3.22. The van der Waals surface area contributed by atoms with E-state index in [1.807, 2.05) is 6.07 Å². The molecule has 0 aliphatic carbocycles. The van der Waals surface area contributed by atoms with Crippen molar-refractivity contribution in [2.24, 2.45) is 5.41 Å². The van der Waals surface area contributed by atoms with Gasteiger partial charge in [0, 0.05) is 35.2 Å². The van der Waals surface area contributed by atoms with Crippen LogP contribution in [0.5, 0.6) is 0 Å². The molecule has 0 bridgehead atoms. The molecule has 4 heteroatoms. The Kier molecular flexibility index (Phi) is 5.44. The molecule has 118 valence electrons. The van der Waals surface area contributed by atoms with E-state index in [2.05, 4.69) is 53.8 Å². The minimum atomic E-state index is -0.116. The third-order valence-corrected chi connectivity index (χ3v) is 4.91. The molecule has 0 radical (unpaired) electrons. The van der Waals surface area contributed by atoms with Crippen molar-refractivity contribution in [3.8, 4) is 0 Å². The van der Waals surface area contributed by atoms with Crippen molar-refractivity contribution in [1.29, 1.82) is 0 Å². The molecule has 0 aromatic heterocycles. The summed E-state index contributed by atoms with van der Waals surface area (Å²) in [6.07, 6.45) is 1.10. The van der Waals surface area contributed by atoms with Gasteiger partial charge in [0.05, 0.1) is 0 Å². The minimum Gasteiger partial charge on any atom is -0.312 e. The number of nitrogens with one attached hydrogen (secondary N) is 1. The van der Waals surface area contributed by atoms with Crippen molar-refractivity contribution >= 4 is 15.9 Å². The second kappa shape index (κ2) is 6.76. The van der Waals surface area contributed by atoms with Crippen molar-refractivity contribution in [2.75, 3.05) is 13.1 Å². The predicted molar refractivity (Wildman–Crippen MR) is 89.8 cm³/mol. The zero-order chi connectivity index (χ0) is 15.6. The Morgan fingerprint density at radius 3 is 2.76 bits per heavy atom. The lowest BCUT2D eigenvalue weighted by Gasteiger charge is -2.35. The normalized spacial score (nSPS) is 24.9. The van der Waals surface area contributed by atoms with Crippen LogP contribution in [0.1, 0.15) is 39.7 Å². The predicted octanol–water partition coefficient (Wildman–Crippen LogP) is 4.19. The van der Waals surface area contributed by atoms with Crippen molar-refractivity contribution in [1.82, 2.24) is 10.2 Å². The van der Waals surface area contributed by atoms with E-state index in [9.17, 15) is 4.39 Å². The molecule has 1 aliphatic rings. The summed E-state index contributed by atoms with van der Waals surface area (Å²) < 4.78 is 15.0. The van der Waals surface area contributed by atoms with E-state index in [0.717, 1.165) is 29.5 Å². The summed E-state index contributed by atoms with van der Waals surface area (Å²) in [4.78, 5) is 2.40. The minimum absolute atomic E-state index is 0.116. The van der Waals surface area contributed by atoms with Crippen LogP contribution in [0.2, 0.25) is 0 Å². The van der Waals surface area contributed by atoms with E-state index in [1.54, 1.807) is 12.1 Å².